The largest absolute Gasteiger partial charge is 0.465 e. The van der Waals surface area contributed by atoms with E-state index < -0.39 is 6.09 Å². The summed E-state index contributed by atoms with van der Waals surface area (Å²) < 4.78 is 5.24. The Hall–Kier alpha value is -1.54. The summed E-state index contributed by atoms with van der Waals surface area (Å²) in [4.78, 5) is 25.7. The van der Waals surface area contributed by atoms with Crippen molar-refractivity contribution in [3.63, 3.8) is 0 Å². The highest BCUT2D eigenvalue weighted by Crippen LogP contribution is 2.25. The van der Waals surface area contributed by atoms with Crippen molar-refractivity contribution in [2.45, 2.75) is 53.2 Å². The number of rotatable bonds is 0. The smallest absolute Gasteiger partial charge is 0.410 e. The van der Waals surface area contributed by atoms with Crippen LogP contribution in [-0.4, -0.2) is 84.5 Å². The molecule has 0 saturated carbocycles. The van der Waals surface area contributed by atoms with Gasteiger partial charge in [0, 0.05) is 45.8 Å². The number of carbonyl (C=O) groups excluding carboxylic acids is 1. The zero-order valence-corrected chi connectivity index (χ0v) is 17.1. The lowest BCUT2D eigenvalue weighted by atomic mass is 9.85. The summed E-state index contributed by atoms with van der Waals surface area (Å²) in [5.74, 6) is 0. The minimum Gasteiger partial charge on any atom is -0.465 e. The predicted octanol–water partition coefficient (Wildman–Crippen LogP) is 1.81. The molecule has 2 rings (SSSR count). The van der Waals surface area contributed by atoms with Crippen LogP contribution in [-0.2, 0) is 4.74 Å². The van der Waals surface area contributed by atoms with E-state index >= 15 is 0 Å². The number of nitrogens with one attached hydrogen (secondary N) is 2. The highest BCUT2D eigenvalue weighted by molar-refractivity contribution is 5.68. The third-order valence-corrected chi connectivity index (χ3v) is 4.26. The maximum atomic E-state index is 11.5. The van der Waals surface area contributed by atoms with E-state index in [1.165, 1.54) is 4.90 Å². The molecule has 2 aliphatic heterocycles. The standard InChI is InChI=1S/2C9H18N2O2/c1-9(2,3)13-8(12)11-6-4-10-5-7-11;1-9(2,3)7-6-10-4-5-11(7)8(12)13/h10H,4-7H2,1-3H3;7,10H,4-6H2,1-3H3,(H,12,13). The van der Waals surface area contributed by atoms with Crippen LogP contribution in [0, 0.1) is 5.41 Å². The molecule has 0 aliphatic carbocycles. The van der Waals surface area contributed by atoms with Crippen LogP contribution in [0.3, 0.4) is 0 Å². The Morgan fingerprint density at radius 1 is 0.962 bits per heavy atom. The van der Waals surface area contributed by atoms with Gasteiger partial charge in [0.05, 0.1) is 6.04 Å². The molecular weight excluding hydrogens is 336 g/mol. The topological polar surface area (TPSA) is 94.1 Å². The molecule has 0 aromatic carbocycles. The van der Waals surface area contributed by atoms with Crippen LogP contribution in [0.15, 0.2) is 0 Å². The van der Waals surface area contributed by atoms with Crippen molar-refractivity contribution in [3.05, 3.63) is 0 Å². The van der Waals surface area contributed by atoms with Gasteiger partial charge in [-0.05, 0) is 26.2 Å². The summed E-state index contributed by atoms with van der Waals surface area (Å²) in [5, 5.41) is 15.4. The predicted molar refractivity (Wildman–Crippen MR) is 102 cm³/mol. The Morgan fingerprint density at radius 3 is 1.92 bits per heavy atom. The second-order valence-electron chi connectivity index (χ2n) is 8.78. The van der Waals surface area contributed by atoms with E-state index in [0.717, 1.165) is 39.3 Å². The van der Waals surface area contributed by atoms with Crippen molar-refractivity contribution in [2.24, 2.45) is 5.41 Å². The van der Waals surface area contributed by atoms with Crippen LogP contribution in [0.1, 0.15) is 41.5 Å². The Morgan fingerprint density at radius 2 is 1.50 bits per heavy atom. The summed E-state index contributed by atoms with van der Waals surface area (Å²) in [6.07, 6.45) is -1.00. The van der Waals surface area contributed by atoms with Gasteiger partial charge < -0.3 is 30.3 Å². The molecule has 0 radical (unpaired) electrons. The van der Waals surface area contributed by atoms with E-state index in [2.05, 4.69) is 31.4 Å². The van der Waals surface area contributed by atoms with Crippen molar-refractivity contribution in [2.75, 3.05) is 45.8 Å². The van der Waals surface area contributed by atoms with Crippen LogP contribution in [0.25, 0.3) is 0 Å². The van der Waals surface area contributed by atoms with Crippen molar-refractivity contribution in [3.8, 4) is 0 Å². The van der Waals surface area contributed by atoms with E-state index in [0.29, 0.717) is 6.54 Å². The van der Waals surface area contributed by atoms with Gasteiger partial charge >= 0.3 is 12.2 Å². The average molecular weight is 373 g/mol. The highest BCUT2D eigenvalue weighted by Gasteiger charge is 2.34. The van der Waals surface area contributed by atoms with Crippen LogP contribution in [0.5, 0.6) is 0 Å². The second kappa shape index (κ2) is 9.41. The number of ether oxygens (including phenoxy) is 1. The lowest BCUT2D eigenvalue weighted by Crippen LogP contribution is -2.58. The molecule has 152 valence electrons. The van der Waals surface area contributed by atoms with E-state index in [9.17, 15) is 9.59 Å². The first-order valence-corrected chi connectivity index (χ1v) is 9.31. The number of amides is 2. The third kappa shape index (κ3) is 7.78. The summed E-state index contributed by atoms with van der Waals surface area (Å²) >= 11 is 0. The van der Waals surface area contributed by atoms with Crippen LogP contribution in [0.2, 0.25) is 0 Å². The number of piperazine rings is 2. The molecule has 2 fully saturated rings. The molecular formula is C18H36N4O4. The molecule has 0 bridgehead atoms. The molecule has 1 atom stereocenters. The SMILES string of the molecule is CC(C)(C)C1CNCCN1C(=O)O.CC(C)(C)OC(=O)N1CCNCC1. The molecule has 0 aromatic heterocycles. The molecule has 1 unspecified atom stereocenters. The van der Waals surface area contributed by atoms with Crippen LogP contribution < -0.4 is 10.6 Å². The van der Waals surface area contributed by atoms with Gasteiger partial charge in [0.1, 0.15) is 5.60 Å². The molecule has 8 nitrogen and oxygen atoms in total. The summed E-state index contributed by atoms with van der Waals surface area (Å²) in [6, 6.07) is 0.0822. The molecule has 2 aliphatic rings. The summed E-state index contributed by atoms with van der Waals surface area (Å²) in [6.45, 7) is 17.2. The Kier molecular flexibility index (Phi) is 8.15. The number of hydrogen-bond acceptors (Lipinski definition) is 5. The fourth-order valence-electron chi connectivity index (χ4n) is 2.88. The average Bonchev–Trinajstić information content (AvgIpc) is 2.54. The first kappa shape index (κ1) is 22.5. The lowest BCUT2D eigenvalue weighted by molar-refractivity contribution is 0.0229. The minimum absolute atomic E-state index is 0.00576. The Balaban J connectivity index is 0.000000260. The summed E-state index contributed by atoms with van der Waals surface area (Å²) in [7, 11) is 0. The minimum atomic E-state index is -0.804. The van der Waals surface area contributed by atoms with E-state index in [1.807, 2.05) is 20.8 Å². The van der Waals surface area contributed by atoms with Gasteiger partial charge in [0.2, 0.25) is 0 Å². The quantitative estimate of drug-likeness (QED) is 0.600. The molecule has 3 N–H and O–H groups in total. The zero-order chi connectivity index (χ0) is 20.0. The van der Waals surface area contributed by atoms with E-state index in [4.69, 9.17) is 9.84 Å². The van der Waals surface area contributed by atoms with Crippen LogP contribution in [0.4, 0.5) is 9.59 Å². The maximum Gasteiger partial charge on any atom is 0.410 e. The molecule has 8 heteroatoms. The summed E-state index contributed by atoms with van der Waals surface area (Å²) in [5.41, 5.74) is -0.381. The normalized spacial score (nSPS) is 21.5. The number of carboxylic acid groups (broad SMARTS) is 1. The highest BCUT2D eigenvalue weighted by atomic mass is 16.6. The van der Waals surface area contributed by atoms with Crippen molar-refractivity contribution < 1.29 is 19.4 Å². The van der Waals surface area contributed by atoms with Gasteiger partial charge in [-0.25, -0.2) is 9.59 Å². The maximum absolute atomic E-state index is 11.5. The van der Waals surface area contributed by atoms with Gasteiger partial charge in [-0.3, -0.25) is 0 Å². The van der Waals surface area contributed by atoms with E-state index in [-0.39, 0.29) is 23.2 Å². The lowest BCUT2D eigenvalue weighted by Gasteiger charge is -2.41. The number of carbonyl (C=O) groups is 2. The van der Waals surface area contributed by atoms with Gasteiger partial charge in [-0.15, -0.1) is 0 Å². The van der Waals surface area contributed by atoms with E-state index in [1.54, 1.807) is 4.90 Å². The van der Waals surface area contributed by atoms with Gasteiger partial charge in [0.15, 0.2) is 0 Å². The van der Waals surface area contributed by atoms with Crippen molar-refractivity contribution >= 4 is 12.2 Å². The molecule has 2 saturated heterocycles. The first-order valence-electron chi connectivity index (χ1n) is 9.31. The number of hydrogen-bond donors (Lipinski definition) is 3. The van der Waals surface area contributed by atoms with Gasteiger partial charge in [-0.2, -0.15) is 0 Å². The monoisotopic (exact) mass is 372 g/mol. The first-order chi connectivity index (χ1) is 11.9. The van der Waals surface area contributed by atoms with Gasteiger partial charge in [0.25, 0.3) is 0 Å². The Bertz CT molecular complexity index is 465. The third-order valence-electron chi connectivity index (χ3n) is 4.26. The Labute approximate surface area is 157 Å². The van der Waals surface area contributed by atoms with Crippen molar-refractivity contribution in [1.29, 1.82) is 0 Å². The van der Waals surface area contributed by atoms with Crippen molar-refractivity contribution in [1.82, 2.24) is 20.4 Å². The molecule has 2 heterocycles. The molecule has 26 heavy (non-hydrogen) atoms. The number of nitrogens with zero attached hydrogens (tertiary/aromatic N) is 2. The molecule has 2 amide bonds. The molecule has 0 spiro atoms. The van der Waals surface area contributed by atoms with Gasteiger partial charge in [-0.1, -0.05) is 20.8 Å². The van der Waals surface area contributed by atoms with Crippen LogP contribution >= 0.6 is 0 Å². The zero-order valence-electron chi connectivity index (χ0n) is 17.1. The second-order valence-corrected chi connectivity index (χ2v) is 8.78. The fraction of sp³-hybridized carbons (Fsp3) is 0.889. The fourth-order valence-corrected chi connectivity index (χ4v) is 2.88. The molecule has 0 aromatic rings.